The van der Waals surface area contributed by atoms with Crippen LogP contribution in [0, 0.1) is 0 Å². The first-order chi connectivity index (χ1) is 13.4. The minimum Gasteiger partial charge on any atom is -0.353 e. The Morgan fingerprint density at radius 3 is 2.29 bits per heavy atom. The number of amides is 1. The van der Waals surface area contributed by atoms with E-state index in [0.717, 1.165) is 46.4 Å². The SMILES string of the molecule is O=C(NC1CCCCC1)C1(c2ccc(NS(=O)(=O)c3ccc(Br)s3)cc2)CC1. The van der Waals surface area contributed by atoms with Gasteiger partial charge in [0.15, 0.2) is 0 Å². The number of anilines is 1. The molecule has 0 radical (unpaired) electrons. The molecule has 1 amide bonds. The van der Waals surface area contributed by atoms with Crippen LogP contribution in [0.4, 0.5) is 5.69 Å². The first-order valence-electron chi connectivity index (χ1n) is 9.59. The Kier molecular flexibility index (Phi) is 5.55. The molecule has 0 atom stereocenters. The van der Waals surface area contributed by atoms with E-state index in [1.165, 1.54) is 19.3 Å². The van der Waals surface area contributed by atoms with Gasteiger partial charge in [0.05, 0.1) is 9.20 Å². The molecule has 0 bridgehead atoms. The second-order valence-corrected chi connectivity index (χ2v) is 12.0. The lowest BCUT2D eigenvalue weighted by Gasteiger charge is -2.25. The minimum absolute atomic E-state index is 0.121. The lowest BCUT2D eigenvalue weighted by atomic mass is 9.91. The summed E-state index contributed by atoms with van der Waals surface area (Å²) in [4.78, 5) is 12.9. The number of carbonyl (C=O) groups excluding carboxylic acids is 1. The molecule has 2 fully saturated rings. The van der Waals surface area contributed by atoms with Crippen LogP contribution >= 0.6 is 27.3 Å². The molecule has 0 aliphatic heterocycles. The Balaban J connectivity index is 1.44. The van der Waals surface area contributed by atoms with Gasteiger partial charge in [0.1, 0.15) is 4.21 Å². The van der Waals surface area contributed by atoms with Crippen molar-refractivity contribution in [3.05, 3.63) is 45.7 Å². The van der Waals surface area contributed by atoms with Crippen LogP contribution in [0.25, 0.3) is 0 Å². The van der Waals surface area contributed by atoms with E-state index in [4.69, 9.17) is 0 Å². The largest absolute Gasteiger partial charge is 0.353 e. The molecule has 1 heterocycles. The zero-order chi connectivity index (χ0) is 19.8. The molecule has 2 aliphatic rings. The Hall–Kier alpha value is -1.38. The quantitative estimate of drug-likeness (QED) is 0.621. The number of hydrogen-bond acceptors (Lipinski definition) is 4. The molecule has 28 heavy (non-hydrogen) atoms. The molecule has 150 valence electrons. The van der Waals surface area contributed by atoms with Gasteiger partial charge < -0.3 is 5.32 Å². The number of carbonyl (C=O) groups is 1. The van der Waals surface area contributed by atoms with Gasteiger partial charge in [-0.1, -0.05) is 31.4 Å². The smallest absolute Gasteiger partial charge is 0.271 e. The van der Waals surface area contributed by atoms with Gasteiger partial charge in [0.25, 0.3) is 10.0 Å². The van der Waals surface area contributed by atoms with Gasteiger partial charge in [-0.2, -0.15) is 0 Å². The van der Waals surface area contributed by atoms with Gasteiger partial charge in [0, 0.05) is 11.7 Å². The van der Waals surface area contributed by atoms with Crippen LogP contribution in [0.15, 0.2) is 44.4 Å². The van der Waals surface area contributed by atoms with Gasteiger partial charge in [-0.05, 0) is 71.4 Å². The van der Waals surface area contributed by atoms with Crippen molar-refractivity contribution in [1.29, 1.82) is 0 Å². The second-order valence-electron chi connectivity index (χ2n) is 7.63. The van der Waals surface area contributed by atoms with Crippen LogP contribution < -0.4 is 10.0 Å². The number of thiophene rings is 1. The summed E-state index contributed by atoms with van der Waals surface area (Å²) in [6.07, 6.45) is 7.47. The lowest BCUT2D eigenvalue weighted by Crippen LogP contribution is -2.42. The van der Waals surface area contributed by atoms with Crippen molar-refractivity contribution in [2.45, 2.75) is 60.6 Å². The van der Waals surface area contributed by atoms with Crippen LogP contribution in [0.5, 0.6) is 0 Å². The number of sulfonamides is 1. The summed E-state index contributed by atoms with van der Waals surface area (Å²) in [5.41, 5.74) is 1.02. The number of halogens is 1. The summed E-state index contributed by atoms with van der Waals surface area (Å²) in [5, 5.41) is 3.24. The molecule has 8 heteroatoms. The molecule has 0 unspecified atom stereocenters. The average Bonchev–Trinajstić information content (AvgIpc) is 3.37. The topological polar surface area (TPSA) is 75.3 Å². The normalized spacial score (nSPS) is 19.2. The van der Waals surface area contributed by atoms with Crippen molar-refractivity contribution in [3.8, 4) is 0 Å². The number of benzene rings is 1. The van der Waals surface area contributed by atoms with Crippen LogP contribution in [0.1, 0.15) is 50.5 Å². The summed E-state index contributed by atoms with van der Waals surface area (Å²) in [6.45, 7) is 0. The molecule has 1 aromatic heterocycles. The summed E-state index contributed by atoms with van der Waals surface area (Å²) >= 11 is 4.45. The summed E-state index contributed by atoms with van der Waals surface area (Å²) < 4.78 is 28.5. The van der Waals surface area contributed by atoms with E-state index in [0.29, 0.717) is 11.7 Å². The zero-order valence-corrected chi connectivity index (χ0v) is 18.6. The molecule has 0 saturated heterocycles. The fourth-order valence-corrected chi connectivity index (χ4v) is 6.92. The standard InChI is InChI=1S/C20H23BrN2O3S2/c21-17-10-11-18(27-17)28(25,26)23-16-8-6-14(7-9-16)20(12-13-20)19(24)22-15-4-2-1-3-5-15/h6-11,15,23H,1-5,12-13H2,(H,22,24). The third kappa shape index (κ3) is 4.14. The molecular weight excluding hydrogens is 460 g/mol. The van der Waals surface area contributed by atoms with Crippen LogP contribution in [0.3, 0.4) is 0 Å². The van der Waals surface area contributed by atoms with Crippen molar-refractivity contribution in [2.24, 2.45) is 0 Å². The monoisotopic (exact) mass is 482 g/mol. The van der Waals surface area contributed by atoms with E-state index < -0.39 is 15.4 Å². The highest BCUT2D eigenvalue weighted by molar-refractivity contribution is 9.11. The van der Waals surface area contributed by atoms with E-state index >= 15 is 0 Å². The van der Waals surface area contributed by atoms with Gasteiger partial charge in [-0.25, -0.2) is 8.42 Å². The highest BCUT2D eigenvalue weighted by Crippen LogP contribution is 2.49. The van der Waals surface area contributed by atoms with Crippen molar-refractivity contribution in [1.82, 2.24) is 5.32 Å². The predicted molar refractivity (Wildman–Crippen MR) is 115 cm³/mol. The van der Waals surface area contributed by atoms with Crippen LogP contribution in [0.2, 0.25) is 0 Å². The predicted octanol–water partition coefficient (Wildman–Crippen LogP) is 4.79. The summed E-state index contributed by atoms with van der Waals surface area (Å²) in [5.74, 6) is 0.121. The van der Waals surface area contributed by atoms with Gasteiger partial charge in [-0.15, -0.1) is 11.3 Å². The first kappa shape index (κ1) is 19.9. The Labute approximate surface area is 178 Å². The maximum absolute atomic E-state index is 12.9. The lowest BCUT2D eigenvalue weighted by molar-refractivity contribution is -0.124. The fourth-order valence-electron chi connectivity index (χ4n) is 3.85. The molecule has 2 N–H and O–H groups in total. The summed E-state index contributed by atoms with van der Waals surface area (Å²) in [7, 11) is -3.60. The molecule has 4 rings (SSSR count). The van der Waals surface area contributed by atoms with Gasteiger partial charge in [0.2, 0.25) is 5.91 Å². The third-order valence-corrected chi connectivity index (χ3v) is 9.12. The van der Waals surface area contributed by atoms with E-state index in [9.17, 15) is 13.2 Å². The fraction of sp³-hybridized carbons (Fsp3) is 0.450. The van der Waals surface area contributed by atoms with Crippen molar-refractivity contribution in [2.75, 3.05) is 4.72 Å². The molecular formula is C20H23BrN2O3S2. The molecule has 0 spiro atoms. The van der Waals surface area contributed by atoms with Gasteiger partial charge in [-0.3, -0.25) is 9.52 Å². The van der Waals surface area contributed by atoms with E-state index in [-0.39, 0.29) is 10.1 Å². The Morgan fingerprint density at radius 2 is 1.71 bits per heavy atom. The van der Waals surface area contributed by atoms with Crippen molar-refractivity contribution >= 4 is 48.9 Å². The maximum Gasteiger partial charge on any atom is 0.271 e. The van der Waals surface area contributed by atoms with Crippen LogP contribution in [-0.4, -0.2) is 20.4 Å². The maximum atomic E-state index is 12.9. The highest BCUT2D eigenvalue weighted by atomic mass is 79.9. The van der Waals surface area contributed by atoms with Crippen LogP contribution in [-0.2, 0) is 20.2 Å². The highest BCUT2D eigenvalue weighted by Gasteiger charge is 2.51. The van der Waals surface area contributed by atoms with Crippen molar-refractivity contribution < 1.29 is 13.2 Å². The van der Waals surface area contributed by atoms with Crippen molar-refractivity contribution in [3.63, 3.8) is 0 Å². The third-order valence-electron chi connectivity index (χ3n) is 5.63. The Bertz CT molecular complexity index is 960. The van der Waals surface area contributed by atoms with E-state index in [2.05, 4.69) is 26.0 Å². The Morgan fingerprint density at radius 1 is 1.04 bits per heavy atom. The second kappa shape index (κ2) is 7.80. The van der Waals surface area contributed by atoms with E-state index in [1.54, 1.807) is 24.3 Å². The first-order valence-corrected chi connectivity index (χ1v) is 12.7. The number of hydrogen-bond donors (Lipinski definition) is 2. The van der Waals surface area contributed by atoms with E-state index in [1.807, 2.05) is 12.1 Å². The minimum atomic E-state index is -3.60. The molecule has 1 aromatic carbocycles. The zero-order valence-electron chi connectivity index (χ0n) is 15.4. The summed E-state index contributed by atoms with van der Waals surface area (Å²) in [6, 6.07) is 10.8. The molecule has 5 nitrogen and oxygen atoms in total. The molecule has 2 saturated carbocycles. The van der Waals surface area contributed by atoms with Gasteiger partial charge >= 0.3 is 0 Å². The molecule has 2 aromatic rings. The molecule has 2 aliphatic carbocycles. The average molecular weight is 483 g/mol. The number of nitrogens with one attached hydrogen (secondary N) is 2. The number of rotatable bonds is 6.